The second-order valence-corrected chi connectivity index (χ2v) is 4.07. The molecule has 1 aromatic rings. The van der Waals surface area contributed by atoms with Crippen molar-refractivity contribution in [1.29, 1.82) is 0 Å². The molecule has 0 bridgehead atoms. The van der Waals surface area contributed by atoms with E-state index in [-0.39, 0.29) is 5.75 Å². The summed E-state index contributed by atoms with van der Waals surface area (Å²) in [5.41, 5.74) is 5.43. The van der Waals surface area contributed by atoms with E-state index in [4.69, 9.17) is 10.8 Å². The summed E-state index contributed by atoms with van der Waals surface area (Å²) in [6.07, 6.45) is 0. The number of carbonyl (C=O) groups is 3. The van der Waals surface area contributed by atoms with Crippen LogP contribution in [-0.4, -0.2) is 53.2 Å². The number of nitrogens with two attached hydrogens (primary N) is 1. The molecular weight excluding hydrogens is 266 g/mol. The first kappa shape index (κ1) is 15.3. The third kappa shape index (κ3) is 4.16. The topological polar surface area (TPSA) is 124 Å². The summed E-state index contributed by atoms with van der Waals surface area (Å²) in [4.78, 5) is 35.7. The van der Waals surface area contributed by atoms with Gasteiger partial charge in [0.2, 0.25) is 5.91 Å². The molecule has 0 aliphatic carbocycles. The molecule has 3 amide bonds. The quantitative estimate of drug-likeness (QED) is 0.690. The maximum absolute atomic E-state index is 12.1. The highest BCUT2D eigenvalue weighted by atomic mass is 16.4. The van der Waals surface area contributed by atoms with Gasteiger partial charge in [-0.15, -0.1) is 0 Å². The number of hydrogen-bond acceptors (Lipinski definition) is 4. The number of carboxylic acid groups (broad SMARTS) is 1. The Bertz CT molecular complexity index is 498. The Morgan fingerprint density at radius 3 is 2.15 bits per heavy atom. The maximum atomic E-state index is 12.1. The number of anilines is 1. The van der Waals surface area contributed by atoms with Crippen LogP contribution in [0.5, 0.6) is 5.75 Å². The molecule has 0 unspecified atom stereocenters. The summed E-state index contributed by atoms with van der Waals surface area (Å²) >= 11 is 0. The second kappa shape index (κ2) is 6.41. The van der Waals surface area contributed by atoms with Crippen molar-refractivity contribution in [2.75, 3.05) is 25.0 Å². The van der Waals surface area contributed by atoms with Crippen LogP contribution in [0, 0.1) is 0 Å². The predicted molar refractivity (Wildman–Crippen MR) is 70.3 cm³/mol. The summed E-state index contributed by atoms with van der Waals surface area (Å²) in [6.45, 7) is -1.13. The Hall–Kier alpha value is -2.77. The van der Waals surface area contributed by atoms with Crippen molar-refractivity contribution in [3.8, 4) is 5.75 Å². The van der Waals surface area contributed by atoms with Crippen molar-refractivity contribution >= 4 is 23.6 Å². The molecule has 0 heterocycles. The number of carboxylic acids is 1. The van der Waals surface area contributed by atoms with Gasteiger partial charge >= 0.3 is 12.0 Å². The van der Waals surface area contributed by atoms with E-state index < -0.39 is 31.0 Å². The number of primary amides is 1. The van der Waals surface area contributed by atoms with Crippen LogP contribution in [0.4, 0.5) is 10.5 Å². The molecule has 8 nitrogen and oxygen atoms in total. The molecule has 4 N–H and O–H groups in total. The highest BCUT2D eigenvalue weighted by Crippen LogP contribution is 2.18. The van der Waals surface area contributed by atoms with E-state index in [9.17, 15) is 19.5 Å². The number of hydrogen-bond donors (Lipinski definition) is 3. The molecule has 1 rings (SSSR count). The SMILES string of the molecule is CN(C(=O)N(CC(N)=O)CC(=O)O)c1ccc(O)cc1. The minimum atomic E-state index is -1.25. The molecule has 0 radical (unpaired) electrons. The third-order valence-corrected chi connectivity index (χ3v) is 2.47. The van der Waals surface area contributed by atoms with Crippen molar-refractivity contribution in [2.45, 2.75) is 0 Å². The number of nitrogens with zero attached hydrogens (tertiary/aromatic N) is 2. The lowest BCUT2D eigenvalue weighted by atomic mass is 10.3. The summed E-state index contributed by atoms with van der Waals surface area (Å²) < 4.78 is 0. The fourth-order valence-electron chi connectivity index (χ4n) is 1.54. The average molecular weight is 281 g/mol. The number of aliphatic carboxylic acids is 1. The van der Waals surface area contributed by atoms with E-state index in [1.54, 1.807) is 0 Å². The molecular formula is C12H15N3O5. The fraction of sp³-hybridized carbons (Fsp3) is 0.250. The van der Waals surface area contributed by atoms with E-state index in [1.165, 1.54) is 31.3 Å². The Morgan fingerprint density at radius 2 is 1.70 bits per heavy atom. The number of phenols is 1. The van der Waals surface area contributed by atoms with Gasteiger partial charge in [-0.1, -0.05) is 0 Å². The van der Waals surface area contributed by atoms with Gasteiger partial charge in [0.05, 0.1) is 0 Å². The normalized spacial score (nSPS) is 9.85. The molecule has 0 aliphatic rings. The van der Waals surface area contributed by atoms with E-state index in [1.807, 2.05) is 0 Å². The second-order valence-electron chi connectivity index (χ2n) is 4.07. The van der Waals surface area contributed by atoms with Crippen molar-refractivity contribution in [1.82, 2.24) is 4.90 Å². The molecule has 0 aromatic heterocycles. The molecule has 20 heavy (non-hydrogen) atoms. The summed E-state index contributed by atoms with van der Waals surface area (Å²) in [7, 11) is 1.42. The summed E-state index contributed by atoms with van der Waals surface area (Å²) in [6, 6.07) is 5.05. The van der Waals surface area contributed by atoms with Crippen LogP contribution in [0.1, 0.15) is 0 Å². The lowest BCUT2D eigenvalue weighted by molar-refractivity contribution is -0.137. The summed E-state index contributed by atoms with van der Waals surface area (Å²) in [5, 5.41) is 17.9. The van der Waals surface area contributed by atoms with E-state index >= 15 is 0 Å². The largest absolute Gasteiger partial charge is 0.508 e. The molecule has 0 saturated heterocycles. The molecule has 8 heteroatoms. The number of urea groups is 1. The Kier molecular flexibility index (Phi) is 4.90. The first-order chi connectivity index (χ1) is 9.31. The van der Waals surface area contributed by atoms with E-state index in [2.05, 4.69) is 0 Å². The van der Waals surface area contributed by atoms with Gasteiger partial charge in [-0.2, -0.15) is 0 Å². The minimum Gasteiger partial charge on any atom is -0.508 e. The first-order valence-electron chi connectivity index (χ1n) is 5.63. The van der Waals surface area contributed by atoms with E-state index in [0.717, 1.165) is 9.80 Å². The monoisotopic (exact) mass is 281 g/mol. The third-order valence-electron chi connectivity index (χ3n) is 2.47. The predicted octanol–water partition coefficient (Wildman–Crippen LogP) is -0.180. The minimum absolute atomic E-state index is 0.0362. The highest BCUT2D eigenvalue weighted by Gasteiger charge is 2.22. The van der Waals surface area contributed by atoms with Gasteiger partial charge in [-0.05, 0) is 24.3 Å². The number of phenolic OH excluding ortho intramolecular Hbond substituents is 1. The van der Waals surface area contributed by atoms with Gasteiger partial charge in [0.25, 0.3) is 0 Å². The maximum Gasteiger partial charge on any atom is 0.325 e. The van der Waals surface area contributed by atoms with Crippen LogP contribution in [0.25, 0.3) is 0 Å². The van der Waals surface area contributed by atoms with Crippen LogP contribution in [-0.2, 0) is 9.59 Å². The average Bonchev–Trinajstić information content (AvgIpc) is 2.36. The van der Waals surface area contributed by atoms with Gasteiger partial charge in [0, 0.05) is 12.7 Å². The number of benzene rings is 1. The first-order valence-corrected chi connectivity index (χ1v) is 5.63. The van der Waals surface area contributed by atoms with Crippen molar-refractivity contribution in [3.63, 3.8) is 0 Å². The van der Waals surface area contributed by atoms with Crippen LogP contribution < -0.4 is 10.6 Å². The van der Waals surface area contributed by atoms with Gasteiger partial charge in [0.1, 0.15) is 18.8 Å². The smallest absolute Gasteiger partial charge is 0.325 e. The molecule has 108 valence electrons. The molecule has 0 atom stereocenters. The Balaban J connectivity index is 2.89. The van der Waals surface area contributed by atoms with Crippen LogP contribution in [0.15, 0.2) is 24.3 Å². The van der Waals surface area contributed by atoms with Crippen molar-refractivity contribution in [3.05, 3.63) is 24.3 Å². The molecule has 0 aliphatic heterocycles. The lowest BCUT2D eigenvalue weighted by Crippen LogP contribution is -2.47. The molecule has 1 aromatic carbocycles. The van der Waals surface area contributed by atoms with Crippen molar-refractivity contribution < 1.29 is 24.6 Å². The van der Waals surface area contributed by atoms with Gasteiger partial charge in [0.15, 0.2) is 0 Å². The zero-order valence-corrected chi connectivity index (χ0v) is 10.8. The number of rotatable bonds is 5. The lowest BCUT2D eigenvalue weighted by Gasteiger charge is -2.26. The van der Waals surface area contributed by atoms with Gasteiger partial charge in [-0.3, -0.25) is 14.5 Å². The molecule has 0 fully saturated rings. The Morgan fingerprint density at radius 1 is 1.15 bits per heavy atom. The van der Waals surface area contributed by atoms with Crippen molar-refractivity contribution in [2.24, 2.45) is 5.73 Å². The van der Waals surface area contributed by atoms with E-state index in [0.29, 0.717) is 5.69 Å². The number of carbonyl (C=O) groups excluding carboxylic acids is 2. The highest BCUT2D eigenvalue weighted by molar-refractivity contribution is 5.95. The summed E-state index contributed by atoms with van der Waals surface area (Å²) in [5.74, 6) is -2.02. The Labute approximate surface area is 115 Å². The van der Waals surface area contributed by atoms with Gasteiger partial charge < -0.3 is 20.8 Å². The zero-order valence-electron chi connectivity index (χ0n) is 10.8. The molecule has 0 saturated carbocycles. The zero-order chi connectivity index (χ0) is 15.3. The fourth-order valence-corrected chi connectivity index (χ4v) is 1.54. The van der Waals surface area contributed by atoms with Crippen LogP contribution in [0.2, 0.25) is 0 Å². The van der Waals surface area contributed by atoms with Gasteiger partial charge in [-0.25, -0.2) is 4.79 Å². The number of amides is 3. The van der Waals surface area contributed by atoms with Crippen LogP contribution >= 0.6 is 0 Å². The van der Waals surface area contributed by atoms with Crippen LogP contribution in [0.3, 0.4) is 0 Å². The number of aromatic hydroxyl groups is 1. The molecule has 0 spiro atoms. The standard InChI is InChI=1S/C12H15N3O5/c1-14(8-2-4-9(16)5-3-8)12(20)15(6-10(13)17)7-11(18)19/h2-5,16H,6-7H2,1H3,(H2,13,17)(H,18,19).